The number of hydrogen-bond donors (Lipinski definition) is 0. The Bertz CT molecular complexity index is 600. The molecule has 0 bridgehead atoms. The van der Waals surface area contributed by atoms with Crippen molar-refractivity contribution < 1.29 is 8.42 Å². The molecule has 7 heteroatoms. The summed E-state index contributed by atoms with van der Waals surface area (Å²) < 4.78 is 24.7. The first kappa shape index (κ1) is 12.3. The molecule has 5 nitrogen and oxygen atoms in total. The third kappa shape index (κ3) is 2.73. The van der Waals surface area contributed by atoms with Crippen LogP contribution in [0.5, 0.6) is 0 Å². The van der Waals surface area contributed by atoms with Gasteiger partial charge in [0.05, 0.1) is 0 Å². The number of sulfone groups is 1. The Labute approximate surface area is 104 Å². The number of rotatable bonds is 4. The fourth-order valence-electron chi connectivity index (χ4n) is 1.57. The van der Waals surface area contributed by atoms with Gasteiger partial charge in [-0.05, 0) is 24.8 Å². The number of nitrogens with zero attached hydrogens (tertiary/aromatic N) is 3. The van der Waals surface area contributed by atoms with Gasteiger partial charge in [0, 0.05) is 17.7 Å². The van der Waals surface area contributed by atoms with Crippen molar-refractivity contribution >= 4 is 21.2 Å². The van der Waals surface area contributed by atoms with Gasteiger partial charge in [-0.1, -0.05) is 6.07 Å². The van der Waals surface area contributed by atoms with E-state index in [1.54, 1.807) is 22.8 Å². The van der Waals surface area contributed by atoms with Crippen LogP contribution < -0.4 is 0 Å². The van der Waals surface area contributed by atoms with Crippen LogP contribution in [0.15, 0.2) is 22.7 Å². The molecule has 0 N–H and O–H groups in total. The number of hydrogen-bond acceptors (Lipinski definition) is 5. The predicted octanol–water partition coefficient (Wildman–Crippen LogP) is 1.29. The number of thiophene rings is 1. The Morgan fingerprint density at radius 3 is 2.76 bits per heavy atom. The zero-order valence-electron chi connectivity index (χ0n) is 9.62. The van der Waals surface area contributed by atoms with Crippen LogP contribution in [0.25, 0.3) is 0 Å². The highest BCUT2D eigenvalue weighted by molar-refractivity contribution is 7.90. The minimum Gasteiger partial charge on any atom is -0.302 e. The van der Waals surface area contributed by atoms with Crippen LogP contribution in [0, 0.1) is 6.92 Å². The molecule has 0 aliphatic rings. The molecule has 0 aliphatic heterocycles. The van der Waals surface area contributed by atoms with Crippen LogP contribution in [0.4, 0.5) is 0 Å². The van der Waals surface area contributed by atoms with E-state index in [4.69, 9.17) is 0 Å². The smallest absolute Gasteiger partial charge is 0.249 e. The molecule has 0 radical (unpaired) electrons. The highest BCUT2D eigenvalue weighted by atomic mass is 32.2. The van der Waals surface area contributed by atoms with Gasteiger partial charge in [-0.3, -0.25) is 0 Å². The largest absolute Gasteiger partial charge is 0.302 e. The summed E-state index contributed by atoms with van der Waals surface area (Å²) in [6, 6.07) is 4.01. The lowest BCUT2D eigenvalue weighted by molar-refractivity contribution is 0.561. The van der Waals surface area contributed by atoms with Gasteiger partial charge in [0.1, 0.15) is 5.82 Å². The maximum atomic E-state index is 11.5. The van der Waals surface area contributed by atoms with Gasteiger partial charge in [-0.2, -0.15) is 0 Å². The Balaban J connectivity index is 2.24. The fraction of sp³-hybridized carbons (Fsp3) is 0.400. The molecule has 2 heterocycles. The van der Waals surface area contributed by atoms with Crippen LogP contribution in [0.2, 0.25) is 0 Å². The van der Waals surface area contributed by atoms with Crippen LogP contribution in [-0.2, 0) is 22.8 Å². The molecule has 92 valence electrons. The van der Waals surface area contributed by atoms with Gasteiger partial charge in [0.2, 0.25) is 15.0 Å². The molecule has 0 atom stereocenters. The van der Waals surface area contributed by atoms with Crippen LogP contribution in [-0.4, -0.2) is 29.4 Å². The minimum absolute atomic E-state index is 0.0477. The van der Waals surface area contributed by atoms with Gasteiger partial charge < -0.3 is 4.57 Å². The van der Waals surface area contributed by atoms with Crippen molar-refractivity contribution in [3.05, 3.63) is 28.2 Å². The van der Waals surface area contributed by atoms with E-state index in [1.807, 2.05) is 17.5 Å². The molecule has 0 aromatic carbocycles. The van der Waals surface area contributed by atoms with E-state index in [0.717, 1.165) is 12.7 Å². The van der Waals surface area contributed by atoms with Gasteiger partial charge in [0.25, 0.3) is 0 Å². The molecule has 0 fully saturated rings. The Morgan fingerprint density at radius 1 is 1.41 bits per heavy atom. The summed E-state index contributed by atoms with van der Waals surface area (Å²) in [6.07, 6.45) is 1.94. The highest BCUT2D eigenvalue weighted by Gasteiger charge is 2.18. The monoisotopic (exact) mass is 271 g/mol. The first-order chi connectivity index (χ1) is 7.98. The Kier molecular flexibility index (Phi) is 3.30. The molecule has 2 rings (SSSR count). The average molecular weight is 271 g/mol. The van der Waals surface area contributed by atoms with E-state index in [9.17, 15) is 8.42 Å². The summed E-state index contributed by atoms with van der Waals surface area (Å²) in [7, 11) is -3.31. The van der Waals surface area contributed by atoms with Crippen LogP contribution in [0.1, 0.15) is 10.7 Å². The average Bonchev–Trinajstić information content (AvgIpc) is 2.83. The molecule has 0 saturated heterocycles. The summed E-state index contributed by atoms with van der Waals surface area (Å²) in [5.74, 6) is 0.627. The first-order valence-corrected chi connectivity index (χ1v) is 7.88. The van der Waals surface area contributed by atoms with E-state index in [1.165, 1.54) is 4.88 Å². The van der Waals surface area contributed by atoms with Crippen molar-refractivity contribution in [3.63, 3.8) is 0 Å². The molecule has 0 aliphatic carbocycles. The summed E-state index contributed by atoms with van der Waals surface area (Å²) in [4.78, 5) is 1.22. The second-order valence-electron chi connectivity index (χ2n) is 3.78. The van der Waals surface area contributed by atoms with Crippen molar-refractivity contribution in [2.75, 3.05) is 6.26 Å². The van der Waals surface area contributed by atoms with Crippen molar-refractivity contribution in [2.45, 2.75) is 25.0 Å². The molecule has 0 amide bonds. The summed E-state index contributed by atoms with van der Waals surface area (Å²) in [6.45, 7) is 2.35. The first-order valence-electron chi connectivity index (χ1n) is 5.11. The van der Waals surface area contributed by atoms with E-state index >= 15 is 0 Å². The normalized spacial score (nSPS) is 11.9. The van der Waals surface area contributed by atoms with E-state index in [0.29, 0.717) is 12.4 Å². The third-order valence-electron chi connectivity index (χ3n) is 2.40. The molecule has 2 aromatic rings. The number of aryl methyl sites for hydroxylation is 2. The fourth-order valence-corrected chi connectivity index (χ4v) is 3.08. The lowest BCUT2D eigenvalue weighted by Gasteiger charge is -2.05. The minimum atomic E-state index is -3.31. The summed E-state index contributed by atoms with van der Waals surface area (Å²) in [5, 5.41) is 9.59. The molecule has 2 aromatic heterocycles. The maximum absolute atomic E-state index is 11.5. The van der Waals surface area contributed by atoms with Crippen molar-refractivity contribution in [2.24, 2.45) is 0 Å². The van der Waals surface area contributed by atoms with Crippen LogP contribution in [0.3, 0.4) is 0 Å². The maximum Gasteiger partial charge on any atom is 0.249 e. The summed E-state index contributed by atoms with van der Waals surface area (Å²) in [5.41, 5.74) is 0. The van der Waals surface area contributed by atoms with E-state index < -0.39 is 9.84 Å². The lowest BCUT2D eigenvalue weighted by atomic mass is 10.3. The molecule has 0 unspecified atom stereocenters. The Hall–Kier alpha value is -1.21. The quantitative estimate of drug-likeness (QED) is 0.840. The van der Waals surface area contributed by atoms with Crippen molar-refractivity contribution in [1.29, 1.82) is 0 Å². The van der Waals surface area contributed by atoms with E-state index in [-0.39, 0.29) is 5.16 Å². The highest BCUT2D eigenvalue weighted by Crippen LogP contribution is 2.13. The van der Waals surface area contributed by atoms with E-state index in [2.05, 4.69) is 10.2 Å². The molecular weight excluding hydrogens is 258 g/mol. The standard InChI is InChI=1S/C10H13N3O2S2/c1-8-11-12-10(17(2,14)15)13(8)6-5-9-4-3-7-16-9/h3-4,7H,5-6H2,1-2H3. The molecule has 0 saturated carbocycles. The van der Waals surface area contributed by atoms with Crippen molar-refractivity contribution in [1.82, 2.24) is 14.8 Å². The SMILES string of the molecule is Cc1nnc(S(C)(=O)=O)n1CCc1cccs1. The topological polar surface area (TPSA) is 64.8 Å². The van der Waals surface area contributed by atoms with Gasteiger partial charge in [-0.15, -0.1) is 21.5 Å². The Morgan fingerprint density at radius 2 is 2.18 bits per heavy atom. The zero-order chi connectivity index (χ0) is 12.5. The van der Waals surface area contributed by atoms with Gasteiger partial charge >= 0.3 is 0 Å². The molecule has 0 spiro atoms. The van der Waals surface area contributed by atoms with Gasteiger partial charge in [0.15, 0.2) is 0 Å². The van der Waals surface area contributed by atoms with Gasteiger partial charge in [-0.25, -0.2) is 8.42 Å². The zero-order valence-corrected chi connectivity index (χ0v) is 11.3. The predicted molar refractivity (Wildman–Crippen MR) is 65.9 cm³/mol. The molecule has 17 heavy (non-hydrogen) atoms. The second kappa shape index (κ2) is 4.58. The lowest BCUT2D eigenvalue weighted by Crippen LogP contribution is -2.11. The summed E-state index contributed by atoms with van der Waals surface area (Å²) >= 11 is 1.66. The van der Waals surface area contributed by atoms with Crippen molar-refractivity contribution in [3.8, 4) is 0 Å². The van der Waals surface area contributed by atoms with Crippen LogP contribution >= 0.6 is 11.3 Å². The molecular formula is C10H13N3O2S2. The number of aromatic nitrogens is 3. The third-order valence-corrected chi connectivity index (χ3v) is 4.30. The second-order valence-corrected chi connectivity index (χ2v) is 6.72.